The van der Waals surface area contributed by atoms with Crippen LogP contribution < -0.4 is 0 Å². The second-order valence-corrected chi connectivity index (χ2v) is 7.87. The minimum absolute atomic E-state index is 0.0525. The van der Waals surface area contributed by atoms with E-state index in [1.807, 2.05) is 45.9 Å². The Labute approximate surface area is 176 Å². The first kappa shape index (κ1) is 21.5. The van der Waals surface area contributed by atoms with Gasteiger partial charge in [0.1, 0.15) is 0 Å². The molecule has 0 unspecified atom stereocenters. The predicted octanol–water partition coefficient (Wildman–Crippen LogP) is 4.02. The van der Waals surface area contributed by atoms with Crippen LogP contribution in [0.5, 0.6) is 0 Å². The van der Waals surface area contributed by atoms with Gasteiger partial charge in [0.15, 0.2) is 17.0 Å². The van der Waals surface area contributed by atoms with E-state index >= 15 is 0 Å². The Morgan fingerprint density at radius 3 is 2.30 bits per heavy atom. The summed E-state index contributed by atoms with van der Waals surface area (Å²) >= 11 is 0. The Kier molecular flexibility index (Phi) is 5.92. The molecule has 0 spiro atoms. The van der Waals surface area contributed by atoms with Crippen molar-refractivity contribution >= 4 is 17.5 Å². The second kappa shape index (κ2) is 8.26. The molecule has 30 heavy (non-hydrogen) atoms. The molecule has 3 rings (SSSR count). The van der Waals surface area contributed by atoms with Gasteiger partial charge in [0.05, 0.1) is 12.2 Å². The molecule has 0 atom stereocenters. The smallest absolute Gasteiger partial charge is 0.357 e. The average molecular weight is 409 g/mol. The second-order valence-electron chi connectivity index (χ2n) is 7.87. The van der Waals surface area contributed by atoms with E-state index in [1.54, 1.807) is 31.6 Å². The Bertz CT molecular complexity index is 1110. The third-order valence-corrected chi connectivity index (χ3v) is 5.03. The maximum Gasteiger partial charge on any atom is 0.357 e. The van der Waals surface area contributed by atoms with Gasteiger partial charge >= 0.3 is 5.97 Å². The Morgan fingerprint density at radius 2 is 1.77 bits per heavy atom. The van der Waals surface area contributed by atoms with Gasteiger partial charge in [-0.1, -0.05) is 32.0 Å². The summed E-state index contributed by atoms with van der Waals surface area (Å²) in [6, 6.07) is 7.66. The van der Waals surface area contributed by atoms with E-state index in [4.69, 9.17) is 4.74 Å². The first-order valence-electron chi connectivity index (χ1n) is 10.1. The van der Waals surface area contributed by atoms with Gasteiger partial charge in [0, 0.05) is 19.8 Å². The fourth-order valence-electron chi connectivity index (χ4n) is 3.56. The Balaban J connectivity index is 2.48. The van der Waals surface area contributed by atoms with Crippen LogP contribution in [0.15, 0.2) is 24.3 Å². The van der Waals surface area contributed by atoms with Gasteiger partial charge in [-0.25, -0.2) is 14.3 Å². The van der Waals surface area contributed by atoms with Crippen molar-refractivity contribution < 1.29 is 14.3 Å². The van der Waals surface area contributed by atoms with Crippen LogP contribution in [0.4, 0.5) is 0 Å². The predicted molar refractivity (Wildman–Crippen MR) is 116 cm³/mol. The maximum absolute atomic E-state index is 13.1. The van der Waals surface area contributed by atoms with Gasteiger partial charge in [-0.05, 0) is 49.4 Å². The molecule has 1 amide bonds. The number of aromatic nitrogens is 3. The summed E-state index contributed by atoms with van der Waals surface area (Å²) in [7, 11) is 3.39. The van der Waals surface area contributed by atoms with Gasteiger partial charge < -0.3 is 9.64 Å². The topological polar surface area (TPSA) is 76.8 Å². The highest BCUT2D eigenvalue weighted by atomic mass is 16.5. The monoisotopic (exact) mass is 408 g/mol. The number of nitrogens with zero attached hydrogens (tertiary/aromatic N) is 4. The first-order chi connectivity index (χ1) is 14.2. The lowest BCUT2D eigenvalue weighted by Crippen LogP contribution is -2.23. The zero-order chi connectivity index (χ0) is 22.2. The van der Waals surface area contributed by atoms with Crippen LogP contribution >= 0.6 is 0 Å². The first-order valence-corrected chi connectivity index (χ1v) is 10.1. The normalized spacial score (nSPS) is 11.2. The number of amides is 1. The number of fused-ring (bicyclic) bond motifs is 1. The summed E-state index contributed by atoms with van der Waals surface area (Å²) in [6.45, 7) is 10.0. The lowest BCUT2D eigenvalue weighted by molar-refractivity contribution is 0.0519. The molecule has 3 aromatic rings. The van der Waals surface area contributed by atoms with Crippen molar-refractivity contribution in [3.63, 3.8) is 0 Å². The summed E-state index contributed by atoms with van der Waals surface area (Å²) in [4.78, 5) is 31.7. The molecule has 1 aromatic carbocycles. The van der Waals surface area contributed by atoms with Crippen molar-refractivity contribution in [3.8, 4) is 11.1 Å². The van der Waals surface area contributed by atoms with E-state index in [0.29, 0.717) is 16.9 Å². The third-order valence-electron chi connectivity index (χ3n) is 5.03. The molecule has 0 bridgehead atoms. The van der Waals surface area contributed by atoms with Gasteiger partial charge in [-0.15, -0.1) is 0 Å². The van der Waals surface area contributed by atoms with Crippen molar-refractivity contribution in [1.29, 1.82) is 0 Å². The zero-order valence-electron chi connectivity index (χ0n) is 18.6. The molecule has 7 heteroatoms. The molecule has 158 valence electrons. The summed E-state index contributed by atoms with van der Waals surface area (Å²) < 4.78 is 6.88. The molecule has 0 aliphatic carbocycles. The molecule has 0 fully saturated rings. The van der Waals surface area contributed by atoms with E-state index in [-0.39, 0.29) is 24.1 Å². The van der Waals surface area contributed by atoms with Crippen molar-refractivity contribution in [2.45, 2.75) is 40.5 Å². The van der Waals surface area contributed by atoms with Crippen LogP contribution in [0, 0.1) is 13.8 Å². The molecule has 0 radical (unpaired) electrons. The van der Waals surface area contributed by atoms with Crippen LogP contribution in [-0.4, -0.2) is 52.1 Å². The summed E-state index contributed by atoms with van der Waals surface area (Å²) in [5.41, 5.74) is 5.34. The molecule has 7 nitrogen and oxygen atoms in total. The molecule has 0 saturated heterocycles. The van der Waals surface area contributed by atoms with Crippen molar-refractivity contribution in [1.82, 2.24) is 19.5 Å². The highest BCUT2D eigenvalue weighted by molar-refractivity contribution is 6.04. The van der Waals surface area contributed by atoms with E-state index in [9.17, 15) is 9.59 Å². The summed E-state index contributed by atoms with van der Waals surface area (Å²) in [6.07, 6.45) is 0. The number of ether oxygens (including phenoxy) is 1. The minimum Gasteiger partial charge on any atom is -0.461 e. The highest BCUT2D eigenvalue weighted by Gasteiger charge is 2.28. The quantitative estimate of drug-likeness (QED) is 0.596. The van der Waals surface area contributed by atoms with Crippen LogP contribution in [0.2, 0.25) is 0 Å². The SMILES string of the molecule is CCOC(=O)c1cc(C(C)C)n2nc(C(=O)N(C)C)c(-c3c(C)cccc3C)c2n1. The Hall–Kier alpha value is -3.22. The molecule has 0 aliphatic rings. The number of carbonyl (C=O) groups is 2. The number of aryl methyl sites for hydroxylation is 2. The van der Waals surface area contributed by atoms with Crippen LogP contribution in [0.25, 0.3) is 16.8 Å². The highest BCUT2D eigenvalue weighted by Crippen LogP contribution is 2.35. The molecule has 2 heterocycles. The summed E-state index contributed by atoms with van der Waals surface area (Å²) in [5.74, 6) is -0.654. The number of benzene rings is 1. The van der Waals surface area contributed by atoms with Gasteiger partial charge in [0.25, 0.3) is 5.91 Å². The molecular weight excluding hydrogens is 380 g/mol. The van der Waals surface area contributed by atoms with Crippen LogP contribution in [0.3, 0.4) is 0 Å². The van der Waals surface area contributed by atoms with Crippen molar-refractivity contribution in [3.05, 3.63) is 52.5 Å². The molecule has 0 saturated carbocycles. The largest absolute Gasteiger partial charge is 0.461 e. The third kappa shape index (κ3) is 3.67. The van der Waals surface area contributed by atoms with Crippen LogP contribution in [0.1, 0.15) is 64.5 Å². The average Bonchev–Trinajstić information content (AvgIpc) is 3.05. The fraction of sp³-hybridized carbons (Fsp3) is 0.391. The van der Waals surface area contributed by atoms with Crippen molar-refractivity contribution in [2.24, 2.45) is 0 Å². The number of hydrogen-bond donors (Lipinski definition) is 0. The van der Waals surface area contributed by atoms with E-state index in [0.717, 1.165) is 22.4 Å². The van der Waals surface area contributed by atoms with Gasteiger partial charge in [-0.2, -0.15) is 5.10 Å². The number of rotatable bonds is 5. The standard InChI is InChI=1S/C23H28N4O3/c1-8-30-23(29)16-12-17(13(2)3)27-21(24-16)19(20(25-27)22(28)26(6)7)18-14(4)10-9-11-15(18)5/h9-13H,8H2,1-7H3. The lowest BCUT2D eigenvalue weighted by Gasteiger charge is -2.13. The van der Waals surface area contributed by atoms with E-state index in [1.165, 1.54) is 4.90 Å². The Morgan fingerprint density at radius 1 is 1.13 bits per heavy atom. The number of carbonyl (C=O) groups excluding carboxylic acids is 2. The van der Waals surface area contributed by atoms with Gasteiger partial charge in [0.2, 0.25) is 0 Å². The van der Waals surface area contributed by atoms with Crippen LogP contribution in [-0.2, 0) is 4.74 Å². The maximum atomic E-state index is 13.1. The number of esters is 1. The number of hydrogen-bond acceptors (Lipinski definition) is 5. The molecule has 0 aliphatic heterocycles. The van der Waals surface area contributed by atoms with Gasteiger partial charge in [-0.3, -0.25) is 4.79 Å². The molecular formula is C23H28N4O3. The molecule has 2 aromatic heterocycles. The van der Waals surface area contributed by atoms with E-state index < -0.39 is 5.97 Å². The fourth-order valence-corrected chi connectivity index (χ4v) is 3.56. The van der Waals surface area contributed by atoms with Crippen molar-refractivity contribution in [2.75, 3.05) is 20.7 Å². The van der Waals surface area contributed by atoms with E-state index in [2.05, 4.69) is 10.1 Å². The lowest BCUT2D eigenvalue weighted by atomic mass is 9.95. The minimum atomic E-state index is -0.490. The summed E-state index contributed by atoms with van der Waals surface area (Å²) in [5, 5.41) is 4.67. The molecule has 0 N–H and O–H groups in total. The zero-order valence-corrected chi connectivity index (χ0v) is 18.6.